The molecule has 2 heterocycles. The van der Waals surface area contributed by atoms with E-state index in [1.165, 1.54) is 6.26 Å². The van der Waals surface area contributed by atoms with Crippen LogP contribution in [-0.4, -0.2) is 41.3 Å². The summed E-state index contributed by atoms with van der Waals surface area (Å²) in [7, 11) is 1.77. The minimum absolute atomic E-state index is 0.173. The highest BCUT2D eigenvalue weighted by Gasteiger charge is 2.14. The number of carbonyl (C=O) groups excluding carboxylic acids is 1. The van der Waals surface area contributed by atoms with Crippen LogP contribution in [0.15, 0.2) is 27.2 Å². The molecule has 19 heavy (non-hydrogen) atoms. The third kappa shape index (κ3) is 3.65. The van der Waals surface area contributed by atoms with Crippen molar-refractivity contribution in [2.24, 2.45) is 0 Å². The number of nitrogens with zero attached hydrogens (tertiary/aromatic N) is 3. The van der Waals surface area contributed by atoms with E-state index in [-0.39, 0.29) is 12.5 Å². The van der Waals surface area contributed by atoms with Gasteiger partial charge in [-0.05, 0) is 26.1 Å². The van der Waals surface area contributed by atoms with Crippen molar-refractivity contribution in [1.82, 2.24) is 15.1 Å². The molecule has 0 aromatic carbocycles. The quantitative estimate of drug-likeness (QED) is 0.728. The van der Waals surface area contributed by atoms with Crippen molar-refractivity contribution in [1.29, 1.82) is 0 Å². The number of ether oxygens (including phenoxy) is 1. The SMILES string of the molecule is CCOC(=O)CN(C)Cc1nnc(-c2ccco2)o1. The molecular weight excluding hydrogens is 250 g/mol. The van der Waals surface area contributed by atoms with Crippen molar-refractivity contribution in [2.45, 2.75) is 13.5 Å². The third-order valence-corrected chi connectivity index (χ3v) is 2.31. The highest BCUT2D eigenvalue weighted by Crippen LogP contribution is 2.18. The van der Waals surface area contributed by atoms with E-state index in [9.17, 15) is 4.79 Å². The van der Waals surface area contributed by atoms with E-state index >= 15 is 0 Å². The molecule has 0 N–H and O–H groups in total. The summed E-state index contributed by atoms with van der Waals surface area (Å²) in [5, 5.41) is 7.77. The first kappa shape index (κ1) is 13.3. The molecule has 0 radical (unpaired) electrons. The maximum absolute atomic E-state index is 11.3. The zero-order valence-electron chi connectivity index (χ0n) is 10.8. The average Bonchev–Trinajstić information content (AvgIpc) is 2.98. The Bertz CT molecular complexity index is 521. The number of rotatable bonds is 6. The molecule has 0 aliphatic carbocycles. The van der Waals surface area contributed by atoms with E-state index < -0.39 is 0 Å². The lowest BCUT2D eigenvalue weighted by Crippen LogP contribution is -2.27. The van der Waals surface area contributed by atoms with Crippen molar-refractivity contribution in [3.63, 3.8) is 0 Å². The molecule has 0 aliphatic heterocycles. The Kier molecular flexibility index (Phi) is 4.30. The Hall–Kier alpha value is -2.15. The summed E-state index contributed by atoms with van der Waals surface area (Å²) < 4.78 is 15.4. The van der Waals surface area contributed by atoms with Crippen LogP contribution in [0, 0.1) is 0 Å². The summed E-state index contributed by atoms with van der Waals surface area (Å²) >= 11 is 0. The Balaban J connectivity index is 1.91. The number of hydrogen-bond acceptors (Lipinski definition) is 7. The van der Waals surface area contributed by atoms with E-state index in [1.54, 1.807) is 31.0 Å². The van der Waals surface area contributed by atoms with Crippen molar-refractivity contribution in [2.75, 3.05) is 20.2 Å². The first-order valence-corrected chi connectivity index (χ1v) is 5.89. The molecule has 0 atom stereocenters. The lowest BCUT2D eigenvalue weighted by Gasteiger charge is -2.12. The van der Waals surface area contributed by atoms with E-state index in [4.69, 9.17) is 13.6 Å². The van der Waals surface area contributed by atoms with E-state index in [1.807, 2.05) is 0 Å². The molecule has 0 bridgehead atoms. The molecule has 2 rings (SSSR count). The van der Waals surface area contributed by atoms with Crippen LogP contribution in [0.5, 0.6) is 0 Å². The van der Waals surface area contributed by atoms with Crippen LogP contribution in [0.3, 0.4) is 0 Å². The molecule has 0 saturated carbocycles. The summed E-state index contributed by atoms with van der Waals surface area (Å²) in [5.74, 6) is 0.977. The highest BCUT2D eigenvalue weighted by molar-refractivity contribution is 5.71. The standard InChI is InChI=1S/C12H15N3O4/c1-3-17-11(16)8-15(2)7-10-13-14-12(19-10)9-5-4-6-18-9/h4-6H,3,7-8H2,1-2H3. The maximum Gasteiger partial charge on any atom is 0.320 e. The lowest BCUT2D eigenvalue weighted by molar-refractivity contribution is -0.144. The van der Waals surface area contributed by atoms with Gasteiger partial charge in [-0.2, -0.15) is 0 Å². The fourth-order valence-electron chi connectivity index (χ4n) is 1.53. The Morgan fingerprint density at radius 2 is 2.32 bits per heavy atom. The fraction of sp³-hybridized carbons (Fsp3) is 0.417. The van der Waals surface area contributed by atoms with Gasteiger partial charge < -0.3 is 13.6 Å². The number of esters is 1. The molecule has 0 amide bonds. The number of hydrogen-bond donors (Lipinski definition) is 0. The molecule has 0 spiro atoms. The summed E-state index contributed by atoms with van der Waals surface area (Å²) in [6.07, 6.45) is 1.53. The Morgan fingerprint density at radius 1 is 1.47 bits per heavy atom. The zero-order valence-corrected chi connectivity index (χ0v) is 10.8. The highest BCUT2D eigenvalue weighted by atomic mass is 16.5. The van der Waals surface area contributed by atoms with Crippen molar-refractivity contribution < 1.29 is 18.4 Å². The van der Waals surface area contributed by atoms with Crippen molar-refractivity contribution in [3.8, 4) is 11.7 Å². The van der Waals surface area contributed by atoms with Crippen LogP contribution < -0.4 is 0 Å². The van der Waals surface area contributed by atoms with Crippen molar-refractivity contribution >= 4 is 5.97 Å². The third-order valence-electron chi connectivity index (χ3n) is 2.31. The minimum atomic E-state index is -0.282. The number of carbonyl (C=O) groups is 1. The van der Waals surface area contributed by atoms with Crippen LogP contribution in [0.25, 0.3) is 11.7 Å². The molecule has 7 nitrogen and oxygen atoms in total. The second-order valence-electron chi connectivity index (χ2n) is 3.96. The fourth-order valence-corrected chi connectivity index (χ4v) is 1.53. The Labute approximate surface area is 110 Å². The maximum atomic E-state index is 11.3. The van der Waals surface area contributed by atoms with Crippen LogP contribution in [0.1, 0.15) is 12.8 Å². The molecule has 7 heteroatoms. The van der Waals surface area contributed by atoms with Crippen LogP contribution in [-0.2, 0) is 16.1 Å². The van der Waals surface area contributed by atoms with Gasteiger partial charge in [-0.1, -0.05) is 0 Å². The summed E-state index contributed by atoms with van der Waals surface area (Å²) in [5.41, 5.74) is 0. The van der Waals surface area contributed by atoms with Gasteiger partial charge in [0.25, 0.3) is 5.89 Å². The predicted molar refractivity (Wildman–Crippen MR) is 65.0 cm³/mol. The van der Waals surface area contributed by atoms with Gasteiger partial charge in [0.2, 0.25) is 5.89 Å². The molecule has 0 fully saturated rings. The summed E-state index contributed by atoms with van der Waals surface area (Å²) in [4.78, 5) is 13.0. The predicted octanol–water partition coefficient (Wildman–Crippen LogP) is 1.32. The molecular formula is C12H15N3O4. The number of aromatic nitrogens is 2. The van der Waals surface area contributed by atoms with Gasteiger partial charge in [-0.3, -0.25) is 9.69 Å². The van der Waals surface area contributed by atoms with Gasteiger partial charge in [0, 0.05) is 0 Å². The monoisotopic (exact) mass is 265 g/mol. The molecule has 102 valence electrons. The van der Waals surface area contributed by atoms with Gasteiger partial charge >= 0.3 is 5.97 Å². The van der Waals surface area contributed by atoms with Gasteiger partial charge in [0.05, 0.1) is 26.0 Å². The van der Waals surface area contributed by atoms with Gasteiger partial charge in [-0.25, -0.2) is 0 Å². The number of furan rings is 1. The normalized spacial score (nSPS) is 10.9. The molecule has 2 aromatic heterocycles. The lowest BCUT2D eigenvalue weighted by atomic mass is 10.4. The topological polar surface area (TPSA) is 81.6 Å². The second kappa shape index (κ2) is 6.14. The summed E-state index contributed by atoms with van der Waals surface area (Å²) in [6, 6.07) is 3.48. The van der Waals surface area contributed by atoms with E-state index in [0.29, 0.717) is 30.7 Å². The van der Waals surface area contributed by atoms with E-state index in [0.717, 1.165) is 0 Å². The van der Waals surface area contributed by atoms with Crippen molar-refractivity contribution in [3.05, 3.63) is 24.3 Å². The summed E-state index contributed by atoms with van der Waals surface area (Å²) in [6.45, 7) is 2.68. The zero-order chi connectivity index (χ0) is 13.7. The van der Waals surface area contributed by atoms with Gasteiger partial charge in [0.1, 0.15) is 0 Å². The number of likely N-dealkylation sites (N-methyl/N-ethyl adjacent to an activating group) is 1. The van der Waals surface area contributed by atoms with Crippen LogP contribution in [0.4, 0.5) is 0 Å². The van der Waals surface area contributed by atoms with Gasteiger partial charge in [0.15, 0.2) is 5.76 Å². The molecule has 0 unspecified atom stereocenters. The van der Waals surface area contributed by atoms with E-state index in [2.05, 4.69) is 10.2 Å². The van der Waals surface area contributed by atoms with Crippen LogP contribution in [0.2, 0.25) is 0 Å². The molecule has 0 aliphatic rings. The Morgan fingerprint density at radius 3 is 3.00 bits per heavy atom. The van der Waals surface area contributed by atoms with Gasteiger partial charge in [-0.15, -0.1) is 10.2 Å². The minimum Gasteiger partial charge on any atom is -0.465 e. The van der Waals surface area contributed by atoms with Crippen LogP contribution >= 0.6 is 0 Å². The average molecular weight is 265 g/mol. The molecule has 0 saturated heterocycles. The first-order chi connectivity index (χ1) is 9.19. The second-order valence-corrected chi connectivity index (χ2v) is 3.96. The molecule has 2 aromatic rings. The smallest absolute Gasteiger partial charge is 0.320 e. The largest absolute Gasteiger partial charge is 0.465 e. The first-order valence-electron chi connectivity index (χ1n) is 5.89.